The molecule has 1 aliphatic heterocycles. The molecule has 21 heavy (non-hydrogen) atoms. The van der Waals surface area contributed by atoms with Crippen molar-refractivity contribution in [1.82, 2.24) is 4.90 Å². The van der Waals surface area contributed by atoms with Gasteiger partial charge in [0.1, 0.15) is 6.04 Å². The van der Waals surface area contributed by atoms with E-state index >= 15 is 0 Å². The average molecular weight is 352 g/mol. The van der Waals surface area contributed by atoms with Crippen LogP contribution in [0.15, 0.2) is 22.7 Å². The van der Waals surface area contributed by atoms with Gasteiger partial charge in [0.15, 0.2) is 0 Å². The monoisotopic (exact) mass is 351 g/mol. The van der Waals surface area contributed by atoms with Gasteiger partial charge in [0.2, 0.25) is 0 Å². The highest BCUT2D eigenvalue weighted by molar-refractivity contribution is 9.10. The molecule has 0 bridgehead atoms. The number of rotatable bonds is 3. The van der Waals surface area contributed by atoms with Crippen molar-refractivity contribution in [1.29, 1.82) is 0 Å². The number of fused-ring (bicyclic) bond motifs is 1. The average Bonchev–Trinajstić information content (AvgIpc) is 2.81. The van der Waals surface area contributed by atoms with E-state index < -0.39 is 5.97 Å². The molecule has 114 valence electrons. The number of nitrogens with zero attached hydrogens (tertiary/aromatic N) is 1. The van der Waals surface area contributed by atoms with Crippen molar-refractivity contribution in [3.63, 3.8) is 0 Å². The third-order valence-electron chi connectivity index (χ3n) is 5.16. The minimum absolute atomic E-state index is 0.304. The molecule has 1 saturated heterocycles. The van der Waals surface area contributed by atoms with Gasteiger partial charge in [-0.2, -0.15) is 0 Å². The fraction of sp³-hybridized carbons (Fsp3) is 0.588. The van der Waals surface area contributed by atoms with E-state index in [0.29, 0.717) is 12.0 Å². The Morgan fingerprint density at radius 2 is 2.14 bits per heavy atom. The summed E-state index contributed by atoms with van der Waals surface area (Å²) in [5.41, 5.74) is 2.48. The van der Waals surface area contributed by atoms with Crippen molar-refractivity contribution in [3.8, 4) is 0 Å². The summed E-state index contributed by atoms with van der Waals surface area (Å²) < 4.78 is 1.08. The second-order valence-corrected chi connectivity index (χ2v) is 7.36. The van der Waals surface area contributed by atoms with E-state index in [4.69, 9.17) is 0 Å². The summed E-state index contributed by atoms with van der Waals surface area (Å²) in [7, 11) is 0. The van der Waals surface area contributed by atoms with Crippen molar-refractivity contribution < 1.29 is 9.90 Å². The smallest absolute Gasteiger partial charge is 0.320 e. The van der Waals surface area contributed by atoms with Gasteiger partial charge in [-0.05, 0) is 55.4 Å². The first-order valence-corrected chi connectivity index (χ1v) is 8.59. The van der Waals surface area contributed by atoms with Crippen LogP contribution >= 0.6 is 15.9 Å². The quantitative estimate of drug-likeness (QED) is 0.895. The first-order chi connectivity index (χ1) is 10.1. The summed E-state index contributed by atoms with van der Waals surface area (Å²) in [6, 6.07) is 6.43. The Morgan fingerprint density at radius 1 is 1.38 bits per heavy atom. The topological polar surface area (TPSA) is 40.5 Å². The van der Waals surface area contributed by atoms with Gasteiger partial charge < -0.3 is 5.11 Å². The molecular formula is C17H22BrNO2. The molecule has 1 heterocycles. The molecule has 1 aliphatic carbocycles. The van der Waals surface area contributed by atoms with Crippen LogP contribution in [0.2, 0.25) is 0 Å². The zero-order valence-electron chi connectivity index (χ0n) is 12.4. The molecule has 2 fully saturated rings. The highest BCUT2D eigenvalue weighted by Crippen LogP contribution is 2.40. The summed E-state index contributed by atoms with van der Waals surface area (Å²) in [5, 5.41) is 9.57. The Hall–Kier alpha value is -0.870. The van der Waals surface area contributed by atoms with Crippen LogP contribution in [0.5, 0.6) is 0 Å². The van der Waals surface area contributed by atoms with Crippen LogP contribution in [0.1, 0.15) is 43.2 Å². The Kier molecular flexibility index (Phi) is 4.36. The lowest BCUT2D eigenvalue weighted by atomic mass is 9.84. The maximum absolute atomic E-state index is 11.6. The number of hydrogen-bond donors (Lipinski definition) is 1. The van der Waals surface area contributed by atoms with E-state index in [1.807, 2.05) is 6.07 Å². The molecule has 1 N–H and O–H groups in total. The molecule has 3 rings (SSSR count). The molecule has 0 spiro atoms. The summed E-state index contributed by atoms with van der Waals surface area (Å²) in [4.78, 5) is 13.9. The van der Waals surface area contributed by atoms with Crippen molar-refractivity contribution in [2.24, 2.45) is 5.92 Å². The van der Waals surface area contributed by atoms with Gasteiger partial charge in [0, 0.05) is 17.1 Å². The number of carboxylic acids is 1. The molecule has 0 radical (unpaired) electrons. The molecule has 3 unspecified atom stereocenters. The van der Waals surface area contributed by atoms with Crippen molar-refractivity contribution in [2.75, 3.05) is 0 Å². The fourth-order valence-corrected chi connectivity index (χ4v) is 4.53. The van der Waals surface area contributed by atoms with Gasteiger partial charge in [0.25, 0.3) is 0 Å². The summed E-state index contributed by atoms with van der Waals surface area (Å²) in [5.74, 6) is -0.0743. The summed E-state index contributed by atoms with van der Waals surface area (Å²) in [6.07, 6.45) is 5.69. The predicted molar refractivity (Wildman–Crippen MR) is 86.2 cm³/mol. The number of aliphatic carboxylic acids is 1. The second kappa shape index (κ2) is 6.09. The Balaban J connectivity index is 1.84. The molecule has 0 amide bonds. The van der Waals surface area contributed by atoms with E-state index in [9.17, 15) is 9.90 Å². The van der Waals surface area contributed by atoms with Crippen LogP contribution in [-0.2, 0) is 11.3 Å². The Labute approximate surface area is 134 Å². The van der Waals surface area contributed by atoms with Crippen LogP contribution in [0.4, 0.5) is 0 Å². The number of carboxylic acid groups (broad SMARTS) is 1. The zero-order valence-corrected chi connectivity index (χ0v) is 14.0. The molecule has 4 heteroatoms. The number of carbonyl (C=O) groups is 1. The van der Waals surface area contributed by atoms with Gasteiger partial charge in [-0.3, -0.25) is 9.69 Å². The minimum atomic E-state index is -0.654. The lowest BCUT2D eigenvalue weighted by molar-refractivity contribution is -0.142. The third kappa shape index (κ3) is 3.02. The number of halogens is 1. The van der Waals surface area contributed by atoms with Gasteiger partial charge in [-0.1, -0.05) is 34.8 Å². The van der Waals surface area contributed by atoms with E-state index in [2.05, 4.69) is 39.9 Å². The normalized spacial score (nSPS) is 29.3. The van der Waals surface area contributed by atoms with Crippen molar-refractivity contribution >= 4 is 21.9 Å². The SMILES string of the molecule is Cc1cc(Br)ccc1CN1C(C(=O)O)CC2CCCCC21. The van der Waals surface area contributed by atoms with Crippen LogP contribution in [0, 0.1) is 12.8 Å². The number of likely N-dealkylation sites (tertiary alicyclic amines) is 1. The number of aryl methyl sites for hydroxylation is 1. The molecule has 1 saturated carbocycles. The zero-order chi connectivity index (χ0) is 15.0. The Morgan fingerprint density at radius 3 is 2.86 bits per heavy atom. The molecule has 0 aromatic heterocycles. The van der Waals surface area contributed by atoms with E-state index in [1.165, 1.54) is 30.4 Å². The summed E-state index contributed by atoms with van der Waals surface area (Å²) >= 11 is 3.49. The highest BCUT2D eigenvalue weighted by Gasteiger charge is 2.45. The fourth-order valence-electron chi connectivity index (χ4n) is 4.06. The van der Waals surface area contributed by atoms with E-state index in [-0.39, 0.29) is 6.04 Å². The maximum Gasteiger partial charge on any atom is 0.320 e. The first kappa shape index (κ1) is 15.0. The molecule has 1 aromatic rings. The van der Waals surface area contributed by atoms with Gasteiger partial charge in [-0.25, -0.2) is 0 Å². The molecular weight excluding hydrogens is 330 g/mol. The molecule has 1 aromatic carbocycles. The van der Waals surface area contributed by atoms with Crippen LogP contribution in [0.3, 0.4) is 0 Å². The van der Waals surface area contributed by atoms with Crippen molar-refractivity contribution in [2.45, 2.75) is 57.7 Å². The number of hydrogen-bond acceptors (Lipinski definition) is 2. The van der Waals surface area contributed by atoms with Crippen molar-refractivity contribution in [3.05, 3.63) is 33.8 Å². The van der Waals surface area contributed by atoms with Crippen LogP contribution in [-0.4, -0.2) is 28.1 Å². The predicted octanol–water partition coefficient (Wildman–Crippen LogP) is 3.98. The first-order valence-electron chi connectivity index (χ1n) is 7.80. The van der Waals surface area contributed by atoms with Crippen LogP contribution in [0.25, 0.3) is 0 Å². The number of benzene rings is 1. The maximum atomic E-state index is 11.6. The third-order valence-corrected chi connectivity index (χ3v) is 5.66. The largest absolute Gasteiger partial charge is 0.480 e. The van der Waals surface area contributed by atoms with Gasteiger partial charge >= 0.3 is 5.97 Å². The minimum Gasteiger partial charge on any atom is -0.480 e. The Bertz CT molecular complexity index is 546. The lowest BCUT2D eigenvalue weighted by Crippen LogP contribution is -2.41. The molecule has 2 aliphatic rings. The molecule has 3 nitrogen and oxygen atoms in total. The van der Waals surface area contributed by atoms with Gasteiger partial charge in [0.05, 0.1) is 0 Å². The van der Waals surface area contributed by atoms with Gasteiger partial charge in [-0.15, -0.1) is 0 Å². The highest BCUT2D eigenvalue weighted by atomic mass is 79.9. The standard InChI is InChI=1S/C17H22BrNO2/c1-11-8-14(18)7-6-13(11)10-19-15-5-3-2-4-12(15)9-16(19)17(20)21/h6-8,12,15-16H,2-5,9-10H2,1H3,(H,20,21). The second-order valence-electron chi connectivity index (χ2n) is 6.44. The van der Waals surface area contributed by atoms with E-state index in [1.54, 1.807) is 0 Å². The van der Waals surface area contributed by atoms with E-state index in [0.717, 1.165) is 23.9 Å². The van der Waals surface area contributed by atoms with Crippen LogP contribution < -0.4 is 0 Å². The summed E-state index contributed by atoms with van der Waals surface area (Å²) in [6.45, 7) is 2.86. The molecule has 3 atom stereocenters. The lowest BCUT2D eigenvalue weighted by Gasteiger charge is -2.33.